The molecule has 0 heterocycles. The van der Waals surface area contributed by atoms with E-state index in [-0.39, 0.29) is 13.0 Å². The minimum atomic E-state index is -1.26. The van der Waals surface area contributed by atoms with Gasteiger partial charge in [0.25, 0.3) is 0 Å². The summed E-state index contributed by atoms with van der Waals surface area (Å²) in [5.74, 6) is 0. The Morgan fingerprint density at radius 2 is 1.82 bits per heavy atom. The summed E-state index contributed by atoms with van der Waals surface area (Å²) in [6.07, 6.45) is 0.212. The summed E-state index contributed by atoms with van der Waals surface area (Å²) in [6, 6.07) is -0.426. The van der Waals surface area contributed by atoms with Crippen LogP contribution in [0.3, 0.4) is 0 Å². The van der Waals surface area contributed by atoms with E-state index in [1.807, 2.05) is 13.8 Å². The van der Waals surface area contributed by atoms with Crippen LogP contribution in [0, 0.1) is 0 Å². The molecule has 0 aromatic carbocycles. The van der Waals surface area contributed by atoms with E-state index in [0.717, 1.165) is 0 Å². The quantitative estimate of drug-likeness (QED) is 0.665. The van der Waals surface area contributed by atoms with Crippen molar-refractivity contribution in [2.24, 2.45) is 5.73 Å². The van der Waals surface area contributed by atoms with Crippen LogP contribution in [-0.2, 0) is 0 Å². The molecule has 0 radical (unpaired) electrons. The Bertz CT molecular complexity index is 80.7. The topological polar surface area (TPSA) is 46.2 Å². The molecule has 70 valence electrons. The number of hydrogen-bond donors (Lipinski definition) is 2. The second kappa shape index (κ2) is 6.55. The van der Waals surface area contributed by atoms with Crippen molar-refractivity contribution in [2.45, 2.75) is 45.8 Å². The Hall–Kier alpha value is -0.150. The van der Waals surface area contributed by atoms with Crippen molar-refractivity contribution >= 4 is 0 Å². The Kier molecular flexibility index (Phi) is 8.01. The molecule has 0 fully saturated rings. The van der Waals surface area contributed by atoms with Gasteiger partial charge in [0, 0.05) is 6.04 Å². The van der Waals surface area contributed by atoms with Gasteiger partial charge < -0.3 is 10.8 Å². The van der Waals surface area contributed by atoms with Crippen molar-refractivity contribution < 1.29 is 9.50 Å². The molecule has 1 unspecified atom stereocenters. The predicted octanol–water partition coefficient (Wildman–Crippen LogP) is 1.47. The lowest BCUT2D eigenvalue weighted by molar-refractivity contribution is 0.159. The Morgan fingerprint density at radius 1 is 1.45 bits per heavy atom. The van der Waals surface area contributed by atoms with Crippen molar-refractivity contribution in [2.75, 3.05) is 6.61 Å². The number of halogens is 1. The van der Waals surface area contributed by atoms with E-state index < -0.39 is 11.7 Å². The second-order valence-electron chi connectivity index (χ2n) is 2.87. The van der Waals surface area contributed by atoms with Gasteiger partial charge in [0.2, 0.25) is 0 Å². The molecule has 3 N–H and O–H groups in total. The summed E-state index contributed by atoms with van der Waals surface area (Å²) in [7, 11) is 0. The molecule has 0 aliphatic heterocycles. The SMILES string of the molecule is CC.CC(C)(F)CC(N)CO. The fraction of sp³-hybridized carbons (Fsp3) is 1.00. The van der Waals surface area contributed by atoms with E-state index in [1.165, 1.54) is 13.8 Å². The summed E-state index contributed by atoms with van der Waals surface area (Å²) in [5.41, 5.74) is 4.01. The van der Waals surface area contributed by atoms with Crippen LogP contribution in [-0.4, -0.2) is 23.4 Å². The van der Waals surface area contributed by atoms with Gasteiger partial charge in [-0.15, -0.1) is 0 Å². The molecule has 3 heteroatoms. The minimum absolute atomic E-state index is 0.145. The van der Waals surface area contributed by atoms with E-state index >= 15 is 0 Å². The molecule has 1 atom stereocenters. The zero-order chi connectivity index (χ0) is 9.49. The molecular weight excluding hydrogens is 145 g/mol. The van der Waals surface area contributed by atoms with E-state index in [2.05, 4.69) is 0 Å². The van der Waals surface area contributed by atoms with Crippen molar-refractivity contribution in [1.82, 2.24) is 0 Å². The fourth-order valence-electron chi connectivity index (χ4n) is 0.688. The van der Waals surface area contributed by atoms with Crippen LogP contribution in [0.5, 0.6) is 0 Å². The highest BCUT2D eigenvalue weighted by atomic mass is 19.1. The van der Waals surface area contributed by atoms with Crippen molar-refractivity contribution in [1.29, 1.82) is 0 Å². The normalized spacial score (nSPS) is 13.4. The molecule has 11 heavy (non-hydrogen) atoms. The summed E-state index contributed by atoms with van der Waals surface area (Å²) in [6.45, 7) is 6.75. The fourth-order valence-corrected chi connectivity index (χ4v) is 0.688. The Labute approximate surface area is 68.6 Å². The van der Waals surface area contributed by atoms with Crippen molar-refractivity contribution in [3.63, 3.8) is 0 Å². The average molecular weight is 165 g/mol. The first-order chi connectivity index (χ1) is 4.95. The van der Waals surface area contributed by atoms with Gasteiger partial charge in [-0.25, -0.2) is 4.39 Å². The van der Waals surface area contributed by atoms with Crippen LogP contribution in [0.1, 0.15) is 34.1 Å². The zero-order valence-corrected chi connectivity index (χ0v) is 7.89. The number of aliphatic hydroxyl groups is 1. The highest BCUT2D eigenvalue weighted by Crippen LogP contribution is 2.14. The maximum Gasteiger partial charge on any atom is 0.107 e. The number of alkyl halides is 1. The second-order valence-corrected chi connectivity index (χ2v) is 2.87. The molecule has 0 saturated carbocycles. The highest BCUT2D eigenvalue weighted by Gasteiger charge is 2.18. The minimum Gasteiger partial charge on any atom is -0.395 e. The summed E-state index contributed by atoms with van der Waals surface area (Å²) in [4.78, 5) is 0. The monoisotopic (exact) mass is 165 g/mol. The summed E-state index contributed by atoms with van der Waals surface area (Å²) < 4.78 is 12.6. The van der Waals surface area contributed by atoms with Crippen LogP contribution >= 0.6 is 0 Å². The Balaban J connectivity index is 0. The first-order valence-electron chi connectivity index (χ1n) is 4.01. The first-order valence-corrected chi connectivity index (χ1v) is 4.01. The van der Waals surface area contributed by atoms with Gasteiger partial charge in [0.1, 0.15) is 5.67 Å². The molecule has 0 aromatic rings. The van der Waals surface area contributed by atoms with E-state index in [4.69, 9.17) is 10.8 Å². The van der Waals surface area contributed by atoms with Crippen LogP contribution in [0.15, 0.2) is 0 Å². The molecule has 0 spiro atoms. The maximum atomic E-state index is 12.6. The van der Waals surface area contributed by atoms with Gasteiger partial charge in [-0.3, -0.25) is 0 Å². The van der Waals surface area contributed by atoms with Crippen LogP contribution in [0.25, 0.3) is 0 Å². The smallest absolute Gasteiger partial charge is 0.107 e. The third-order valence-electron chi connectivity index (χ3n) is 0.982. The lowest BCUT2D eigenvalue weighted by Crippen LogP contribution is -2.31. The molecule has 0 amide bonds. The number of aliphatic hydroxyl groups excluding tert-OH is 1. The molecule has 0 bridgehead atoms. The molecule has 0 saturated heterocycles. The van der Waals surface area contributed by atoms with E-state index in [9.17, 15) is 4.39 Å². The van der Waals surface area contributed by atoms with Gasteiger partial charge in [0.05, 0.1) is 6.61 Å². The Morgan fingerprint density at radius 3 is 1.91 bits per heavy atom. The van der Waals surface area contributed by atoms with Crippen molar-refractivity contribution in [3.05, 3.63) is 0 Å². The van der Waals surface area contributed by atoms with Gasteiger partial charge in [-0.1, -0.05) is 13.8 Å². The summed E-state index contributed by atoms with van der Waals surface area (Å²) >= 11 is 0. The molecule has 0 aliphatic carbocycles. The lowest BCUT2D eigenvalue weighted by atomic mass is 10.0. The average Bonchev–Trinajstić information content (AvgIpc) is 1.89. The largest absolute Gasteiger partial charge is 0.395 e. The molecule has 2 nitrogen and oxygen atoms in total. The maximum absolute atomic E-state index is 12.6. The van der Waals surface area contributed by atoms with Crippen LogP contribution in [0.2, 0.25) is 0 Å². The van der Waals surface area contributed by atoms with Gasteiger partial charge >= 0.3 is 0 Å². The van der Waals surface area contributed by atoms with Gasteiger partial charge in [-0.05, 0) is 20.3 Å². The van der Waals surface area contributed by atoms with Gasteiger partial charge in [-0.2, -0.15) is 0 Å². The number of nitrogens with two attached hydrogens (primary N) is 1. The molecular formula is C8H20FNO. The van der Waals surface area contributed by atoms with Crippen molar-refractivity contribution in [3.8, 4) is 0 Å². The lowest BCUT2D eigenvalue weighted by Gasteiger charge is -2.17. The molecule has 0 aromatic heterocycles. The van der Waals surface area contributed by atoms with Gasteiger partial charge in [0.15, 0.2) is 0 Å². The third kappa shape index (κ3) is 12.9. The van der Waals surface area contributed by atoms with Crippen LogP contribution < -0.4 is 5.73 Å². The standard InChI is InChI=1S/C6H14FNO.C2H6/c1-6(2,7)3-5(8)4-9;1-2/h5,9H,3-4,8H2,1-2H3;1-2H3. The molecule has 0 aliphatic rings. The predicted molar refractivity (Wildman–Crippen MR) is 46.2 cm³/mol. The van der Waals surface area contributed by atoms with E-state index in [1.54, 1.807) is 0 Å². The van der Waals surface area contributed by atoms with Crippen LogP contribution in [0.4, 0.5) is 4.39 Å². The first kappa shape index (κ1) is 13.4. The zero-order valence-electron chi connectivity index (χ0n) is 7.89. The summed E-state index contributed by atoms with van der Waals surface area (Å²) in [5, 5.41) is 8.41. The third-order valence-corrected chi connectivity index (χ3v) is 0.982. The van der Waals surface area contributed by atoms with E-state index in [0.29, 0.717) is 0 Å². The highest BCUT2D eigenvalue weighted by molar-refractivity contribution is 4.73. The number of rotatable bonds is 3. The molecule has 0 rings (SSSR count). The number of hydrogen-bond acceptors (Lipinski definition) is 2.